The second-order valence-electron chi connectivity index (χ2n) is 6.34. The molecule has 132 valence electrons. The molecule has 0 unspecified atom stereocenters. The summed E-state index contributed by atoms with van der Waals surface area (Å²) in [5, 5.41) is 8.57. The lowest BCUT2D eigenvalue weighted by Gasteiger charge is -2.18. The minimum absolute atomic E-state index is 0.167. The first-order valence-corrected chi connectivity index (χ1v) is 8.14. The van der Waals surface area contributed by atoms with Crippen LogP contribution in [0.4, 0.5) is 5.69 Å². The molecule has 24 heavy (non-hydrogen) atoms. The lowest BCUT2D eigenvalue weighted by molar-refractivity contribution is -0.126. The zero-order valence-corrected chi connectivity index (χ0v) is 15.4. The van der Waals surface area contributed by atoms with Crippen LogP contribution in [0.5, 0.6) is 0 Å². The number of thiocarbonyl (C=S) groups is 1. The molecule has 0 heterocycles. The highest BCUT2D eigenvalue weighted by molar-refractivity contribution is 7.80. The van der Waals surface area contributed by atoms with E-state index in [0.29, 0.717) is 24.4 Å². The summed E-state index contributed by atoms with van der Waals surface area (Å²) < 4.78 is 4.94. The summed E-state index contributed by atoms with van der Waals surface area (Å²) >= 11 is 5.13. The predicted molar refractivity (Wildman–Crippen MR) is 99.1 cm³/mol. The molecular formula is C17H25N3O3S. The lowest BCUT2D eigenvalue weighted by Crippen LogP contribution is -2.41. The molecule has 0 atom stereocenters. The third kappa shape index (κ3) is 7.06. The first kappa shape index (κ1) is 20.1. The fourth-order valence-corrected chi connectivity index (χ4v) is 1.92. The summed E-state index contributed by atoms with van der Waals surface area (Å²) in [7, 11) is 1.62. The highest BCUT2D eigenvalue weighted by Crippen LogP contribution is 2.14. The van der Waals surface area contributed by atoms with Gasteiger partial charge in [-0.15, -0.1) is 0 Å². The van der Waals surface area contributed by atoms with Crippen molar-refractivity contribution in [2.75, 3.05) is 25.6 Å². The fourth-order valence-electron chi connectivity index (χ4n) is 1.71. The molecule has 1 aromatic rings. The Morgan fingerprint density at radius 3 is 2.58 bits per heavy atom. The quantitative estimate of drug-likeness (QED) is 0.541. The topological polar surface area (TPSA) is 79.5 Å². The van der Waals surface area contributed by atoms with Crippen LogP contribution in [0.1, 0.15) is 37.6 Å². The average Bonchev–Trinajstić information content (AvgIpc) is 2.50. The van der Waals surface area contributed by atoms with Crippen molar-refractivity contribution in [2.24, 2.45) is 5.41 Å². The zero-order valence-electron chi connectivity index (χ0n) is 14.6. The molecule has 0 aromatic heterocycles. The van der Waals surface area contributed by atoms with Gasteiger partial charge in [0.2, 0.25) is 5.91 Å². The van der Waals surface area contributed by atoms with Crippen LogP contribution in [-0.4, -0.2) is 37.2 Å². The number of ether oxygens (including phenoxy) is 1. The van der Waals surface area contributed by atoms with Gasteiger partial charge in [0.25, 0.3) is 5.91 Å². The Bertz CT molecular complexity index is 597. The summed E-state index contributed by atoms with van der Waals surface area (Å²) in [5.41, 5.74) is 0.622. The molecule has 0 bridgehead atoms. The number of nitrogens with one attached hydrogen (secondary N) is 3. The van der Waals surface area contributed by atoms with Crippen LogP contribution < -0.4 is 16.0 Å². The third-order valence-electron chi connectivity index (χ3n) is 3.10. The Kier molecular flexibility index (Phi) is 7.81. The molecule has 0 aliphatic rings. The molecule has 3 N–H and O–H groups in total. The molecule has 0 spiro atoms. The number of rotatable bonds is 6. The summed E-state index contributed by atoms with van der Waals surface area (Å²) in [6.07, 6.45) is 0.753. The zero-order chi connectivity index (χ0) is 18.2. The van der Waals surface area contributed by atoms with Crippen molar-refractivity contribution < 1.29 is 14.3 Å². The number of carbonyl (C=O) groups is 2. The number of hydrogen-bond acceptors (Lipinski definition) is 4. The highest BCUT2D eigenvalue weighted by Gasteiger charge is 2.22. The minimum atomic E-state index is -0.532. The molecule has 7 heteroatoms. The lowest BCUT2D eigenvalue weighted by atomic mass is 9.96. The van der Waals surface area contributed by atoms with Crippen molar-refractivity contribution >= 4 is 34.8 Å². The molecule has 1 rings (SSSR count). The van der Waals surface area contributed by atoms with Crippen molar-refractivity contribution in [2.45, 2.75) is 27.2 Å². The maximum Gasteiger partial charge on any atom is 0.251 e. The van der Waals surface area contributed by atoms with E-state index in [1.54, 1.807) is 52.1 Å². The molecule has 0 aliphatic heterocycles. The SMILES string of the molecule is COCCCNC(=O)c1cccc(NC(=S)NC(=O)C(C)(C)C)c1. The van der Waals surface area contributed by atoms with Crippen LogP contribution >= 0.6 is 12.2 Å². The van der Waals surface area contributed by atoms with E-state index in [-0.39, 0.29) is 16.9 Å². The van der Waals surface area contributed by atoms with Gasteiger partial charge < -0.3 is 20.7 Å². The van der Waals surface area contributed by atoms with E-state index >= 15 is 0 Å². The number of anilines is 1. The summed E-state index contributed by atoms with van der Waals surface area (Å²) in [6, 6.07) is 6.92. The maximum absolute atomic E-state index is 12.1. The van der Waals surface area contributed by atoms with Crippen LogP contribution in [0.25, 0.3) is 0 Å². The van der Waals surface area contributed by atoms with E-state index in [9.17, 15) is 9.59 Å². The van der Waals surface area contributed by atoms with Gasteiger partial charge in [0.1, 0.15) is 0 Å². The molecular weight excluding hydrogens is 326 g/mol. The van der Waals surface area contributed by atoms with Crippen LogP contribution in [-0.2, 0) is 9.53 Å². The first-order chi connectivity index (χ1) is 11.2. The van der Waals surface area contributed by atoms with Crippen molar-refractivity contribution in [3.63, 3.8) is 0 Å². The Morgan fingerprint density at radius 2 is 1.96 bits per heavy atom. The van der Waals surface area contributed by atoms with Gasteiger partial charge in [-0.25, -0.2) is 0 Å². The standard InChI is InChI=1S/C17H25N3O3S/c1-17(2,3)15(22)20-16(24)19-13-8-5-7-12(11-13)14(21)18-9-6-10-23-4/h5,7-8,11H,6,9-10H2,1-4H3,(H,18,21)(H2,19,20,22,24). The van der Waals surface area contributed by atoms with Crippen LogP contribution in [0, 0.1) is 5.41 Å². The summed E-state index contributed by atoms with van der Waals surface area (Å²) in [4.78, 5) is 24.0. The van der Waals surface area contributed by atoms with E-state index < -0.39 is 5.41 Å². The molecule has 0 saturated carbocycles. The first-order valence-electron chi connectivity index (χ1n) is 7.73. The molecule has 0 radical (unpaired) electrons. The summed E-state index contributed by atoms with van der Waals surface area (Å²) in [5.74, 6) is -0.341. The summed E-state index contributed by atoms with van der Waals surface area (Å²) in [6.45, 7) is 6.56. The van der Waals surface area contributed by atoms with E-state index in [1.807, 2.05) is 0 Å². The second-order valence-corrected chi connectivity index (χ2v) is 6.75. The molecule has 6 nitrogen and oxygen atoms in total. The number of amides is 2. The Balaban J connectivity index is 2.60. The molecule has 1 aromatic carbocycles. The Labute approximate surface area is 148 Å². The molecule has 2 amide bonds. The van der Waals surface area contributed by atoms with Gasteiger partial charge in [0.15, 0.2) is 5.11 Å². The largest absolute Gasteiger partial charge is 0.385 e. The van der Waals surface area contributed by atoms with Gasteiger partial charge in [-0.2, -0.15) is 0 Å². The predicted octanol–water partition coefficient (Wildman–Crippen LogP) is 2.31. The van der Waals surface area contributed by atoms with E-state index in [0.717, 1.165) is 6.42 Å². The highest BCUT2D eigenvalue weighted by atomic mass is 32.1. The van der Waals surface area contributed by atoms with E-state index in [4.69, 9.17) is 17.0 Å². The van der Waals surface area contributed by atoms with Gasteiger partial charge in [-0.1, -0.05) is 26.8 Å². The van der Waals surface area contributed by atoms with E-state index in [1.165, 1.54) is 0 Å². The fraction of sp³-hybridized carbons (Fsp3) is 0.471. The Hall–Kier alpha value is -1.99. The molecule has 0 fully saturated rings. The normalized spacial score (nSPS) is 10.8. The second kappa shape index (κ2) is 9.34. The van der Waals surface area contributed by atoms with Gasteiger partial charge in [0.05, 0.1) is 0 Å². The number of benzene rings is 1. The van der Waals surface area contributed by atoms with Gasteiger partial charge in [-0.3, -0.25) is 9.59 Å². The van der Waals surface area contributed by atoms with Crippen LogP contribution in [0.3, 0.4) is 0 Å². The van der Waals surface area contributed by atoms with Gasteiger partial charge in [-0.05, 0) is 36.8 Å². The maximum atomic E-state index is 12.1. The van der Waals surface area contributed by atoms with Crippen molar-refractivity contribution in [1.82, 2.24) is 10.6 Å². The molecule has 0 saturated heterocycles. The van der Waals surface area contributed by atoms with Crippen LogP contribution in [0.15, 0.2) is 24.3 Å². The van der Waals surface area contributed by atoms with Gasteiger partial charge in [0, 0.05) is 36.9 Å². The number of methoxy groups -OCH3 is 1. The molecule has 0 aliphatic carbocycles. The van der Waals surface area contributed by atoms with E-state index in [2.05, 4.69) is 16.0 Å². The third-order valence-corrected chi connectivity index (χ3v) is 3.31. The minimum Gasteiger partial charge on any atom is -0.385 e. The monoisotopic (exact) mass is 351 g/mol. The van der Waals surface area contributed by atoms with Crippen molar-refractivity contribution in [3.05, 3.63) is 29.8 Å². The number of hydrogen-bond donors (Lipinski definition) is 3. The van der Waals surface area contributed by atoms with Crippen molar-refractivity contribution in [1.29, 1.82) is 0 Å². The number of carbonyl (C=O) groups excluding carboxylic acids is 2. The van der Waals surface area contributed by atoms with Crippen LogP contribution in [0.2, 0.25) is 0 Å². The smallest absolute Gasteiger partial charge is 0.251 e. The van der Waals surface area contributed by atoms with Gasteiger partial charge >= 0.3 is 0 Å². The van der Waals surface area contributed by atoms with Crippen molar-refractivity contribution in [3.8, 4) is 0 Å². The average molecular weight is 351 g/mol. The Morgan fingerprint density at radius 1 is 1.25 bits per heavy atom.